The van der Waals surface area contributed by atoms with E-state index in [1.807, 2.05) is 6.07 Å². The van der Waals surface area contributed by atoms with Crippen molar-refractivity contribution in [3.8, 4) is 6.07 Å². The lowest BCUT2D eigenvalue weighted by Gasteiger charge is -2.15. The Balaban J connectivity index is 0.000000224. The predicted molar refractivity (Wildman–Crippen MR) is 206 cm³/mol. The van der Waals surface area contributed by atoms with Crippen LogP contribution >= 0.6 is 15.9 Å². The molecule has 0 radical (unpaired) electrons. The van der Waals surface area contributed by atoms with Crippen molar-refractivity contribution in [2.24, 2.45) is 0 Å². The molecule has 6 aromatic rings. The molecule has 59 heavy (non-hydrogen) atoms. The maximum Gasteiger partial charge on any atom is 0.433 e. The molecule has 0 aliphatic heterocycles. The molecule has 0 spiro atoms. The molecular formula is C39H36BrF6N9O4. The first-order chi connectivity index (χ1) is 27.4. The van der Waals surface area contributed by atoms with E-state index in [0.717, 1.165) is 36.0 Å². The molecule has 0 aliphatic carbocycles. The number of nitrogens with one attached hydrogen (secondary N) is 2. The van der Waals surface area contributed by atoms with Crippen LogP contribution in [0.2, 0.25) is 0 Å². The van der Waals surface area contributed by atoms with Crippen LogP contribution in [0.25, 0.3) is 11.3 Å². The van der Waals surface area contributed by atoms with E-state index >= 15 is 0 Å². The van der Waals surface area contributed by atoms with E-state index in [1.54, 1.807) is 61.2 Å². The fraction of sp³-hybridized carbons (Fsp3) is 0.308. The van der Waals surface area contributed by atoms with Crippen molar-refractivity contribution in [1.82, 2.24) is 28.7 Å². The summed E-state index contributed by atoms with van der Waals surface area (Å²) in [5.74, 6) is -1.64. The van der Waals surface area contributed by atoms with Crippen molar-refractivity contribution in [3.05, 3.63) is 118 Å². The number of imidazole rings is 2. The molecule has 0 bridgehead atoms. The summed E-state index contributed by atoms with van der Waals surface area (Å²) in [5.41, 5.74) is -1.65. The largest absolute Gasteiger partial charge is 0.433 e. The monoisotopic (exact) mass is 887 g/mol. The lowest BCUT2D eigenvalue weighted by Crippen LogP contribution is -2.19. The number of nitriles is 1. The van der Waals surface area contributed by atoms with Gasteiger partial charge in [0, 0.05) is 35.3 Å². The fourth-order valence-electron chi connectivity index (χ4n) is 5.35. The third kappa shape index (κ3) is 12.1. The average Bonchev–Trinajstić information content (AvgIpc) is 3.74. The highest BCUT2D eigenvalue weighted by atomic mass is 79.9. The zero-order valence-corrected chi connectivity index (χ0v) is 33.3. The molecule has 0 saturated carbocycles. The van der Waals surface area contributed by atoms with Gasteiger partial charge in [0.2, 0.25) is 0 Å². The summed E-state index contributed by atoms with van der Waals surface area (Å²) in [5, 5.41) is 34.1. The number of anilines is 2. The standard InChI is InChI=1S/C20H18F3N5O2.C19H18BrF3N4O2/c1-19(2,30)7-6-13-10-28-11-15(12(9-24)8-17(28)25-13)27-18(29)14-4-3-5-16(26-14)20(21,22)23;1-18(2,29)7-6-11-9-27-10-14(12(20)8-16(27)24-11)26-17(28)13-4-3-5-15(25-13)19(21,22)23/h3-5,8,10-11,30H,6-7H2,1-2H3,(H,27,29);3-5,8-10,29H,6-7H2,1-2H3,(H,26,28). The lowest BCUT2D eigenvalue weighted by molar-refractivity contribution is -0.142. The first-order valence-electron chi connectivity index (χ1n) is 17.6. The smallest absolute Gasteiger partial charge is 0.390 e. The number of hydrogen-bond donors (Lipinski definition) is 4. The Labute approximate surface area is 340 Å². The van der Waals surface area contributed by atoms with Gasteiger partial charge in [0.1, 0.15) is 40.1 Å². The molecule has 0 atom stereocenters. The van der Waals surface area contributed by atoms with Crippen molar-refractivity contribution in [3.63, 3.8) is 0 Å². The second-order valence-electron chi connectivity index (χ2n) is 14.6. The molecule has 2 amide bonds. The zero-order chi connectivity index (χ0) is 43.5. The van der Waals surface area contributed by atoms with Crippen molar-refractivity contribution >= 4 is 50.4 Å². The number of aliphatic hydroxyl groups is 2. The second-order valence-corrected chi connectivity index (χ2v) is 15.4. The highest BCUT2D eigenvalue weighted by Crippen LogP contribution is 2.30. The third-order valence-corrected chi connectivity index (χ3v) is 9.04. The van der Waals surface area contributed by atoms with E-state index in [-0.39, 0.29) is 16.9 Å². The van der Waals surface area contributed by atoms with E-state index in [9.17, 15) is 51.4 Å². The number of nitrogens with zero attached hydrogens (tertiary/aromatic N) is 7. The normalized spacial score (nSPS) is 12.2. The van der Waals surface area contributed by atoms with Crippen LogP contribution in [0, 0.1) is 11.3 Å². The van der Waals surface area contributed by atoms with E-state index in [4.69, 9.17) is 0 Å². The second kappa shape index (κ2) is 17.1. The zero-order valence-electron chi connectivity index (χ0n) is 31.7. The van der Waals surface area contributed by atoms with E-state index in [0.29, 0.717) is 52.8 Å². The topological polar surface area (TPSA) is 183 Å². The van der Waals surface area contributed by atoms with Gasteiger partial charge in [0.25, 0.3) is 11.8 Å². The first-order valence-corrected chi connectivity index (χ1v) is 18.4. The van der Waals surface area contributed by atoms with Gasteiger partial charge < -0.3 is 29.6 Å². The summed E-state index contributed by atoms with van der Waals surface area (Å²) in [6.45, 7) is 6.81. The van der Waals surface area contributed by atoms with Crippen molar-refractivity contribution in [1.29, 1.82) is 5.26 Å². The fourth-order valence-corrected chi connectivity index (χ4v) is 5.76. The Morgan fingerprint density at radius 3 is 1.54 bits per heavy atom. The lowest BCUT2D eigenvalue weighted by atomic mass is 10.0. The number of alkyl halides is 6. The van der Waals surface area contributed by atoms with Crippen LogP contribution in [-0.4, -0.2) is 62.0 Å². The summed E-state index contributed by atoms with van der Waals surface area (Å²) in [7, 11) is 0. The number of carbonyl (C=O) groups is 2. The maximum atomic E-state index is 12.8. The van der Waals surface area contributed by atoms with Crippen molar-refractivity contribution < 1.29 is 46.1 Å². The third-order valence-electron chi connectivity index (χ3n) is 8.38. The quantitative estimate of drug-likeness (QED) is 0.0990. The summed E-state index contributed by atoms with van der Waals surface area (Å²) >= 11 is 3.34. The van der Waals surface area contributed by atoms with Gasteiger partial charge in [-0.05, 0) is 99.6 Å². The van der Waals surface area contributed by atoms with Gasteiger partial charge in [-0.15, -0.1) is 0 Å². The minimum absolute atomic E-state index is 0.0995. The molecule has 4 N–H and O–H groups in total. The number of aromatic nitrogens is 6. The Kier molecular flexibility index (Phi) is 12.8. The SMILES string of the molecule is CC(C)(O)CCc1cn2cc(NC(=O)c3cccc(C(F)(F)F)n3)c(Br)cc2n1.CC(C)(O)CCc1cn2cc(NC(=O)c3cccc(C(F)(F)F)n3)c(C#N)cc2n1. The van der Waals surface area contributed by atoms with Gasteiger partial charge in [0.05, 0.1) is 39.5 Å². The summed E-state index contributed by atoms with van der Waals surface area (Å²) in [6, 6.07) is 11.2. The number of carbonyl (C=O) groups excluding carboxylic acids is 2. The number of halogens is 7. The summed E-state index contributed by atoms with van der Waals surface area (Å²) in [6.07, 6.45) is -0.704. The van der Waals surface area contributed by atoms with Crippen LogP contribution in [0.3, 0.4) is 0 Å². The molecule has 0 saturated heterocycles. The number of amides is 2. The van der Waals surface area contributed by atoms with Crippen LogP contribution < -0.4 is 10.6 Å². The Morgan fingerprint density at radius 1 is 0.695 bits per heavy atom. The Bertz CT molecular complexity index is 2550. The number of pyridine rings is 4. The summed E-state index contributed by atoms with van der Waals surface area (Å²) in [4.78, 5) is 40.4. The number of hydrogen-bond acceptors (Lipinski definition) is 9. The summed E-state index contributed by atoms with van der Waals surface area (Å²) < 4.78 is 80.7. The van der Waals surface area contributed by atoms with Crippen LogP contribution in [0.4, 0.5) is 37.7 Å². The Hall–Kier alpha value is -5.91. The number of rotatable bonds is 10. The van der Waals surface area contributed by atoms with Gasteiger partial charge in [-0.25, -0.2) is 19.9 Å². The molecule has 0 unspecified atom stereocenters. The number of fused-ring (bicyclic) bond motifs is 2. The average molecular weight is 889 g/mol. The first kappa shape index (κ1) is 44.2. The minimum atomic E-state index is -4.68. The van der Waals surface area contributed by atoms with Crippen molar-refractivity contribution in [2.75, 3.05) is 10.6 Å². The molecule has 6 aromatic heterocycles. The van der Waals surface area contributed by atoms with Crippen LogP contribution in [0.15, 0.2) is 77.8 Å². The van der Waals surface area contributed by atoms with Gasteiger partial charge in [0.15, 0.2) is 0 Å². The number of aryl methyl sites for hydroxylation is 2. The molecule has 6 heterocycles. The predicted octanol–water partition coefficient (Wildman–Crippen LogP) is 8.04. The van der Waals surface area contributed by atoms with Crippen LogP contribution in [0.1, 0.15) is 89.9 Å². The molecule has 13 nitrogen and oxygen atoms in total. The molecular weight excluding hydrogens is 852 g/mol. The van der Waals surface area contributed by atoms with Gasteiger partial charge >= 0.3 is 12.4 Å². The van der Waals surface area contributed by atoms with Gasteiger partial charge in [-0.1, -0.05) is 12.1 Å². The molecule has 0 aromatic carbocycles. The molecule has 0 fully saturated rings. The van der Waals surface area contributed by atoms with E-state index in [1.165, 1.54) is 18.3 Å². The Morgan fingerprint density at radius 2 is 1.12 bits per heavy atom. The molecule has 20 heteroatoms. The molecule has 310 valence electrons. The van der Waals surface area contributed by atoms with E-state index in [2.05, 4.69) is 46.5 Å². The van der Waals surface area contributed by atoms with Crippen LogP contribution in [-0.2, 0) is 25.2 Å². The van der Waals surface area contributed by atoms with Gasteiger partial charge in [-0.3, -0.25) is 9.59 Å². The molecule has 0 aliphatic rings. The van der Waals surface area contributed by atoms with Crippen molar-refractivity contribution in [2.45, 2.75) is 76.9 Å². The van der Waals surface area contributed by atoms with E-state index < -0.39 is 52.5 Å². The van der Waals surface area contributed by atoms with Gasteiger partial charge in [-0.2, -0.15) is 31.6 Å². The molecule has 6 rings (SSSR count). The maximum absolute atomic E-state index is 12.8. The highest BCUT2D eigenvalue weighted by Gasteiger charge is 2.34. The highest BCUT2D eigenvalue weighted by molar-refractivity contribution is 9.10. The van der Waals surface area contributed by atoms with Crippen LogP contribution in [0.5, 0.6) is 0 Å². The minimum Gasteiger partial charge on any atom is -0.390 e.